The Labute approximate surface area is 202 Å². The fraction of sp³-hybridized carbons (Fsp3) is 0.483. The molecule has 5 rings (SSSR count). The minimum atomic E-state index is -0.146. The molecular formula is C29H36N2O3. The number of hydrogen-bond acceptors (Lipinski definition) is 4. The highest BCUT2D eigenvalue weighted by Crippen LogP contribution is 2.40. The van der Waals surface area contributed by atoms with Crippen molar-refractivity contribution in [2.24, 2.45) is 0 Å². The molecule has 2 fully saturated rings. The smallest absolute Gasteiger partial charge is 0.259 e. The van der Waals surface area contributed by atoms with Gasteiger partial charge < -0.3 is 19.4 Å². The number of fused-ring (bicyclic) bond motifs is 2. The Hall–Kier alpha value is -2.79. The topological polar surface area (TPSA) is 54.7 Å². The molecular weight excluding hydrogens is 424 g/mol. The molecule has 0 bridgehead atoms. The number of carbonyl (C=O) groups excluding carboxylic acids is 1. The summed E-state index contributed by atoms with van der Waals surface area (Å²) < 4.78 is 11.9. The van der Waals surface area contributed by atoms with E-state index in [2.05, 4.69) is 23.2 Å². The van der Waals surface area contributed by atoms with Crippen LogP contribution in [0.5, 0.6) is 5.75 Å². The number of para-hydroxylation sites is 1. The number of carbonyl (C=O) groups is 1. The Morgan fingerprint density at radius 2 is 2.03 bits per heavy atom. The maximum Gasteiger partial charge on any atom is 0.259 e. The lowest BCUT2D eigenvalue weighted by atomic mass is 9.85. The van der Waals surface area contributed by atoms with Crippen LogP contribution in [0, 0.1) is 0 Å². The summed E-state index contributed by atoms with van der Waals surface area (Å²) in [4.78, 5) is 15.8. The van der Waals surface area contributed by atoms with Crippen LogP contribution in [0.15, 0.2) is 53.1 Å². The van der Waals surface area contributed by atoms with Gasteiger partial charge in [0.05, 0.1) is 18.4 Å². The number of anilines is 1. The van der Waals surface area contributed by atoms with E-state index in [-0.39, 0.29) is 5.91 Å². The molecule has 1 aromatic heterocycles. The van der Waals surface area contributed by atoms with E-state index in [4.69, 9.17) is 9.15 Å². The van der Waals surface area contributed by atoms with Crippen molar-refractivity contribution in [1.29, 1.82) is 0 Å². The number of hydrogen-bond donors (Lipinski definition) is 1. The summed E-state index contributed by atoms with van der Waals surface area (Å²) in [5, 5.41) is 4.21. The summed E-state index contributed by atoms with van der Waals surface area (Å²) in [6.07, 6.45) is 11.5. The van der Waals surface area contributed by atoms with Gasteiger partial charge in [0, 0.05) is 22.7 Å². The second kappa shape index (κ2) is 10.6. The van der Waals surface area contributed by atoms with Crippen molar-refractivity contribution in [1.82, 2.24) is 4.90 Å². The molecule has 2 aliphatic rings. The average molecular weight is 461 g/mol. The predicted molar refractivity (Wildman–Crippen MR) is 137 cm³/mol. The Morgan fingerprint density at radius 1 is 1.12 bits per heavy atom. The molecule has 0 spiro atoms. The van der Waals surface area contributed by atoms with Crippen LogP contribution in [-0.2, 0) is 0 Å². The Bertz CT molecular complexity index is 1120. The van der Waals surface area contributed by atoms with E-state index >= 15 is 0 Å². The average Bonchev–Trinajstić information content (AvgIpc) is 3.50. The summed E-state index contributed by atoms with van der Waals surface area (Å²) in [6, 6.07) is 14.2. The third-order valence-electron chi connectivity index (χ3n) is 7.51. The molecule has 0 aliphatic carbocycles. The van der Waals surface area contributed by atoms with Gasteiger partial charge in [-0.15, -0.1) is 0 Å². The number of rotatable bonds is 9. The maximum absolute atomic E-state index is 13.1. The lowest BCUT2D eigenvalue weighted by molar-refractivity contribution is 0.102. The third kappa shape index (κ3) is 5.00. The molecule has 1 amide bonds. The molecule has 0 radical (unpaired) electrons. The zero-order valence-electron chi connectivity index (χ0n) is 20.2. The number of amides is 1. The van der Waals surface area contributed by atoms with Gasteiger partial charge in [-0.3, -0.25) is 4.79 Å². The van der Waals surface area contributed by atoms with Gasteiger partial charge in [0.2, 0.25) is 0 Å². The molecule has 2 atom stereocenters. The minimum absolute atomic E-state index is 0.146. The monoisotopic (exact) mass is 460 g/mol. The van der Waals surface area contributed by atoms with Gasteiger partial charge in [-0.1, -0.05) is 38.3 Å². The molecule has 2 unspecified atom stereocenters. The number of benzene rings is 2. The largest absolute Gasteiger partial charge is 0.493 e. The summed E-state index contributed by atoms with van der Waals surface area (Å²) in [7, 11) is 0. The summed E-state index contributed by atoms with van der Waals surface area (Å²) in [5.41, 5.74) is 3.53. The summed E-state index contributed by atoms with van der Waals surface area (Å²) in [5.74, 6) is 1.02. The number of nitrogens with one attached hydrogen (secondary N) is 1. The number of ether oxygens (including phenoxy) is 1. The highest BCUT2D eigenvalue weighted by Gasteiger charge is 2.33. The van der Waals surface area contributed by atoms with E-state index in [0.29, 0.717) is 29.9 Å². The van der Waals surface area contributed by atoms with E-state index in [0.717, 1.165) is 29.5 Å². The molecule has 2 aliphatic heterocycles. The van der Waals surface area contributed by atoms with Gasteiger partial charge >= 0.3 is 0 Å². The van der Waals surface area contributed by atoms with Crippen molar-refractivity contribution in [2.45, 2.75) is 70.3 Å². The first-order valence-electron chi connectivity index (χ1n) is 13.0. The van der Waals surface area contributed by atoms with E-state index in [1.165, 1.54) is 57.2 Å². The lowest BCUT2D eigenvalue weighted by Crippen LogP contribution is -2.37. The van der Waals surface area contributed by atoms with Gasteiger partial charge in [0.1, 0.15) is 11.3 Å². The van der Waals surface area contributed by atoms with Gasteiger partial charge in [-0.2, -0.15) is 0 Å². The van der Waals surface area contributed by atoms with Crippen LogP contribution >= 0.6 is 0 Å². The van der Waals surface area contributed by atoms with E-state index in [1.807, 2.05) is 42.7 Å². The normalized spacial score (nSPS) is 20.4. The fourth-order valence-corrected chi connectivity index (χ4v) is 5.64. The van der Waals surface area contributed by atoms with Crippen LogP contribution in [0.1, 0.15) is 80.1 Å². The quantitative estimate of drug-likeness (QED) is 0.350. The first-order valence-corrected chi connectivity index (χ1v) is 13.0. The number of nitrogens with zero attached hydrogens (tertiary/aromatic N) is 1. The molecule has 3 heterocycles. The Morgan fingerprint density at radius 3 is 2.94 bits per heavy atom. The van der Waals surface area contributed by atoms with Gasteiger partial charge in [0.25, 0.3) is 5.91 Å². The zero-order chi connectivity index (χ0) is 23.3. The molecule has 34 heavy (non-hydrogen) atoms. The molecule has 2 saturated heterocycles. The van der Waals surface area contributed by atoms with E-state index < -0.39 is 0 Å². The summed E-state index contributed by atoms with van der Waals surface area (Å²) >= 11 is 0. The fourth-order valence-electron chi connectivity index (χ4n) is 5.64. The van der Waals surface area contributed by atoms with Crippen LogP contribution < -0.4 is 10.1 Å². The lowest BCUT2D eigenvalue weighted by Gasteiger charge is -2.34. The van der Waals surface area contributed by atoms with Crippen LogP contribution in [0.2, 0.25) is 0 Å². The molecule has 180 valence electrons. The van der Waals surface area contributed by atoms with Crippen molar-refractivity contribution in [3.05, 3.63) is 59.9 Å². The van der Waals surface area contributed by atoms with Gasteiger partial charge in [0.15, 0.2) is 0 Å². The van der Waals surface area contributed by atoms with Crippen molar-refractivity contribution in [2.75, 3.05) is 25.0 Å². The highest BCUT2D eigenvalue weighted by molar-refractivity contribution is 6.07. The third-order valence-corrected chi connectivity index (χ3v) is 7.51. The number of unbranched alkanes of at least 4 members (excludes halogenated alkanes) is 3. The van der Waals surface area contributed by atoms with Crippen molar-refractivity contribution in [3.8, 4) is 5.75 Å². The standard InChI is InChI=1S/C29H36N2O3/c1-2-3-4-7-17-33-27-11-6-5-10-24(27)29(32)30-22-12-13-28-25(19-22)26(20-34-28)21-14-16-31-15-8-9-23(31)18-21/h5-6,10-13,19-21,23H,2-4,7-9,14-18H2,1H3,(H,30,32). The SMILES string of the molecule is CCCCCCOc1ccccc1C(=O)Nc1ccc2occ(C3CCN4CCCC4C3)c2c1. The first-order chi connectivity index (χ1) is 16.7. The molecule has 0 saturated carbocycles. The van der Waals surface area contributed by atoms with Gasteiger partial charge in [-0.25, -0.2) is 0 Å². The van der Waals surface area contributed by atoms with E-state index in [9.17, 15) is 4.79 Å². The van der Waals surface area contributed by atoms with Crippen LogP contribution in [0.3, 0.4) is 0 Å². The number of piperidine rings is 1. The maximum atomic E-state index is 13.1. The zero-order valence-corrected chi connectivity index (χ0v) is 20.2. The first kappa shape index (κ1) is 23.0. The molecule has 5 heteroatoms. The van der Waals surface area contributed by atoms with Crippen LogP contribution in [-0.4, -0.2) is 36.5 Å². The van der Waals surface area contributed by atoms with Crippen molar-refractivity contribution >= 4 is 22.6 Å². The summed E-state index contributed by atoms with van der Waals surface area (Å²) in [6.45, 7) is 5.26. The Balaban J connectivity index is 1.29. The minimum Gasteiger partial charge on any atom is -0.493 e. The van der Waals surface area contributed by atoms with Crippen LogP contribution in [0.25, 0.3) is 11.0 Å². The molecule has 1 N–H and O–H groups in total. The van der Waals surface area contributed by atoms with E-state index in [1.54, 1.807) is 0 Å². The molecule has 5 nitrogen and oxygen atoms in total. The predicted octanol–water partition coefficient (Wildman–Crippen LogP) is 6.99. The van der Waals surface area contributed by atoms with Crippen LogP contribution in [0.4, 0.5) is 5.69 Å². The van der Waals surface area contributed by atoms with Gasteiger partial charge in [-0.05, 0) is 81.4 Å². The molecule has 3 aromatic rings. The number of furan rings is 1. The highest BCUT2D eigenvalue weighted by atomic mass is 16.5. The Kier molecular flexibility index (Phi) is 7.19. The molecule has 2 aromatic carbocycles. The van der Waals surface area contributed by atoms with Crippen molar-refractivity contribution < 1.29 is 13.9 Å². The second-order valence-electron chi connectivity index (χ2n) is 9.81. The second-order valence-corrected chi connectivity index (χ2v) is 9.81. The van der Waals surface area contributed by atoms with Crippen molar-refractivity contribution in [3.63, 3.8) is 0 Å².